The Labute approximate surface area is 80.5 Å². The molecule has 0 bridgehead atoms. The van der Waals surface area contributed by atoms with E-state index in [4.69, 9.17) is 4.74 Å². The minimum atomic E-state index is -0.606. The van der Waals surface area contributed by atoms with Crippen molar-refractivity contribution in [1.82, 2.24) is 14.8 Å². The minimum Gasteiger partial charge on any atom is -0.460 e. The summed E-state index contributed by atoms with van der Waals surface area (Å²) in [4.78, 5) is 15.1. The third-order valence-electron chi connectivity index (χ3n) is 2.07. The molecule has 6 heteroatoms. The van der Waals surface area contributed by atoms with Gasteiger partial charge in [-0.2, -0.15) is 0 Å². The Morgan fingerprint density at radius 2 is 2.57 bits per heavy atom. The number of carbonyl (C=O) groups excluding carboxylic acids is 1. The molecule has 1 atom stereocenters. The summed E-state index contributed by atoms with van der Waals surface area (Å²) in [7, 11) is 0. The summed E-state index contributed by atoms with van der Waals surface area (Å²) in [5, 5.41) is 13.4. The van der Waals surface area contributed by atoms with Crippen LogP contribution in [0.1, 0.15) is 35.9 Å². The highest BCUT2D eigenvalue weighted by Crippen LogP contribution is 2.22. The number of carbonyl (C=O) groups is 1. The maximum atomic E-state index is 11.2. The molecule has 1 aromatic rings. The number of fused-ring (bicyclic) bond motifs is 1. The van der Waals surface area contributed by atoms with Gasteiger partial charge in [0.15, 0.2) is 5.82 Å². The molecule has 76 valence electrons. The number of aliphatic hydroxyl groups excluding tert-OH is 1. The van der Waals surface area contributed by atoms with E-state index < -0.39 is 12.1 Å². The molecule has 0 aliphatic carbocycles. The second-order valence-corrected chi connectivity index (χ2v) is 3.04. The molecule has 0 amide bonds. The number of rotatable bonds is 2. The molecule has 1 N–H and O–H groups in total. The van der Waals surface area contributed by atoms with Crippen LogP contribution in [0.2, 0.25) is 0 Å². The molecule has 2 rings (SSSR count). The van der Waals surface area contributed by atoms with Gasteiger partial charge in [-0.05, 0) is 6.92 Å². The monoisotopic (exact) mass is 197 g/mol. The average Bonchev–Trinajstić information content (AvgIpc) is 2.69. The lowest BCUT2D eigenvalue weighted by Crippen LogP contribution is -2.08. The Morgan fingerprint density at radius 3 is 3.21 bits per heavy atom. The van der Waals surface area contributed by atoms with E-state index in [2.05, 4.69) is 10.1 Å². The molecule has 1 aliphatic rings. The summed E-state index contributed by atoms with van der Waals surface area (Å²) in [6.07, 6.45) is 0.00371. The zero-order valence-electron chi connectivity index (χ0n) is 7.80. The van der Waals surface area contributed by atoms with Crippen molar-refractivity contribution in [2.45, 2.75) is 26.0 Å². The van der Waals surface area contributed by atoms with E-state index in [1.54, 1.807) is 6.92 Å². The lowest BCUT2D eigenvalue weighted by atomic mass is 10.3. The largest absolute Gasteiger partial charge is 0.460 e. The number of esters is 1. The number of hydrogen-bond donors (Lipinski definition) is 1. The number of ether oxygens (including phenoxy) is 1. The van der Waals surface area contributed by atoms with Crippen molar-refractivity contribution in [3.63, 3.8) is 0 Å². The van der Waals surface area contributed by atoms with Crippen LogP contribution in [0.5, 0.6) is 0 Å². The van der Waals surface area contributed by atoms with E-state index >= 15 is 0 Å². The van der Waals surface area contributed by atoms with Gasteiger partial charge in [0.05, 0.1) is 6.61 Å². The van der Waals surface area contributed by atoms with Gasteiger partial charge in [0.25, 0.3) is 5.82 Å². The van der Waals surface area contributed by atoms with Gasteiger partial charge in [0.2, 0.25) is 0 Å². The summed E-state index contributed by atoms with van der Waals surface area (Å²) in [5.41, 5.74) is 0. The molecule has 1 aromatic heterocycles. The van der Waals surface area contributed by atoms with Crippen LogP contribution in [-0.4, -0.2) is 32.4 Å². The number of aryl methyl sites for hydroxylation is 1. The van der Waals surface area contributed by atoms with E-state index in [9.17, 15) is 9.90 Å². The number of aliphatic hydroxyl groups is 1. The third kappa shape index (κ3) is 1.37. The fourth-order valence-corrected chi connectivity index (χ4v) is 1.42. The molecule has 2 heterocycles. The van der Waals surface area contributed by atoms with Crippen molar-refractivity contribution < 1.29 is 14.6 Å². The molecular weight excluding hydrogens is 186 g/mol. The van der Waals surface area contributed by atoms with Crippen molar-refractivity contribution >= 4 is 5.97 Å². The molecule has 1 aliphatic heterocycles. The molecular formula is C8H11N3O3. The summed E-state index contributed by atoms with van der Waals surface area (Å²) in [6, 6.07) is 0. The van der Waals surface area contributed by atoms with Gasteiger partial charge in [0.1, 0.15) is 6.10 Å². The lowest BCUT2D eigenvalue weighted by molar-refractivity contribution is 0.0511. The van der Waals surface area contributed by atoms with Crippen molar-refractivity contribution in [3.8, 4) is 0 Å². The Bertz CT molecular complexity index is 361. The van der Waals surface area contributed by atoms with Crippen LogP contribution in [0.15, 0.2) is 0 Å². The topological polar surface area (TPSA) is 77.2 Å². The van der Waals surface area contributed by atoms with E-state index in [1.165, 1.54) is 4.68 Å². The van der Waals surface area contributed by atoms with Gasteiger partial charge in [-0.3, -0.25) is 0 Å². The third-order valence-corrected chi connectivity index (χ3v) is 2.07. The van der Waals surface area contributed by atoms with Crippen LogP contribution in [0.25, 0.3) is 0 Å². The van der Waals surface area contributed by atoms with Crippen molar-refractivity contribution in [2.24, 2.45) is 0 Å². The van der Waals surface area contributed by atoms with Crippen LogP contribution in [-0.2, 0) is 11.3 Å². The molecule has 0 fully saturated rings. The van der Waals surface area contributed by atoms with Crippen LogP contribution >= 0.6 is 0 Å². The smallest absolute Gasteiger partial charge is 0.378 e. The quantitative estimate of drug-likeness (QED) is 0.669. The Morgan fingerprint density at radius 1 is 1.79 bits per heavy atom. The highest BCUT2D eigenvalue weighted by Gasteiger charge is 2.26. The summed E-state index contributed by atoms with van der Waals surface area (Å²) >= 11 is 0. The van der Waals surface area contributed by atoms with Gasteiger partial charge in [0, 0.05) is 13.0 Å². The van der Waals surface area contributed by atoms with Crippen LogP contribution in [0, 0.1) is 0 Å². The molecule has 0 saturated carbocycles. The molecule has 14 heavy (non-hydrogen) atoms. The molecule has 0 saturated heterocycles. The number of nitrogens with zero attached hydrogens (tertiary/aromatic N) is 3. The first kappa shape index (κ1) is 9.14. The van der Waals surface area contributed by atoms with Crippen LogP contribution in [0.4, 0.5) is 0 Å². The van der Waals surface area contributed by atoms with E-state index in [0.29, 0.717) is 25.4 Å². The second-order valence-electron chi connectivity index (χ2n) is 3.04. The normalized spacial score (nSPS) is 19.4. The van der Waals surface area contributed by atoms with E-state index in [-0.39, 0.29) is 5.82 Å². The standard InChI is InChI=1S/C8H11N3O3/c1-2-14-8(13)6-9-7-5(12)3-4-11(7)10-6/h5,12H,2-4H2,1H3. The van der Waals surface area contributed by atoms with Gasteiger partial charge in [-0.1, -0.05) is 0 Å². The van der Waals surface area contributed by atoms with Gasteiger partial charge in [-0.15, -0.1) is 5.10 Å². The number of hydrogen-bond acceptors (Lipinski definition) is 5. The second kappa shape index (κ2) is 3.38. The fraction of sp³-hybridized carbons (Fsp3) is 0.625. The molecule has 0 aromatic carbocycles. The maximum absolute atomic E-state index is 11.2. The first-order chi connectivity index (χ1) is 6.72. The molecule has 6 nitrogen and oxygen atoms in total. The first-order valence-corrected chi connectivity index (χ1v) is 4.52. The van der Waals surface area contributed by atoms with Crippen molar-refractivity contribution in [2.75, 3.05) is 6.61 Å². The maximum Gasteiger partial charge on any atom is 0.378 e. The van der Waals surface area contributed by atoms with Crippen molar-refractivity contribution in [3.05, 3.63) is 11.6 Å². The van der Waals surface area contributed by atoms with Crippen LogP contribution < -0.4 is 0 Å². The Kier molecular flexibility index (Phi) is 2.20. The highest BCUT2D eigenvalue weighted by molar-refractivity contribution is 5.85. The predicted molar refractivity (Wildman–Crippen MR) is 45.6 cm³/mol. The van der Waals surface area contributed by atoms with E-state index in [0.717, 1.165) is 0 Å². The lowest BCUT2D eigenvalue weighted by Gasteiger charge is -1.96. The van der Waals surface area contributed by atoms with E-state index in [1.807, 2.05) is 0 Å². The highest BCUT2D eigenvalue weighted by atomic mass is 16.5. The minimum absolute atomic E-state index is 0.0283. The Hall–Kier alpha value is -1.43. The van der Waals surface area contributed by atoms with Gasteiger partial charge in [-0.25, -0.2) is 14.5 Å². The molecule has 0 radical (unpaired) electrons. The fourth-order valence-electron chi connectivity index (χ4n) is 1.42. The summed E-state index contributed by atoms with van der Waals surface area (Å²) in [6.45, 7) is 2.62. The zero-order chi connectivity index (χ0) is 10.1. The zero-order valence-corrected chi connectivity index (χ0v) is 7.80. The Balaban J connectivity index is 2.22. The van der Waals surface area contributed by atoms with Crippen LogP contribution in [0.3, 0.4) is 0 Å². The number of aromatic nitrogens is 3. The SMILES string of the molecule is CCOC(=O)c1nc2n(n1)CCC2O. The average molecular weight is 197 g/mol. The summed E-state index contributed by atoms with van der Waals surface area (Å²) < 4.78 is 6.28. The first-order valence-electron chi connectivity index (χ1n) is 4.52. The molecule has 1 unspecified atom stereocenters. The van der Waals surface area contributed by atoms with Gasteiger partial charge >= 0.3 is 5.97 Å². The van der Waals surface area contributed by atoms with Crippen molar-refractivity contribution in [1.29, 1.82) is 0 Å². The summed E-state index contributed by atoms with van der Waals surface area (Å²) in [5.74, 6) is -0.0600. The van der Waals surface area contributed by atoms with Gasteiger partial charge < -0.3 is 9.84 Å². The molecule has 0 spiro atoms. The predicted octanol–water partition coefficient (Wildman–Crippen LogP) is -0.108.